The van der Waals surface area contributed by atoms with Gasteiger partial charge in [0.1, 0.15) is 0 Å². The van der Waals surface area contributed by atoms with Crippen molar-refractivity contribution in [2.45, 2.75) is 26.7 Å². The number of hydrogen-bond acceptors (Lipinski definition) is 4. The Morgan fingerprint density at radius 1 is 1.38 bits per heavy atom. The van der Waals surface area contributed by atoms with Gasteiger partial charge in [0.05, 0.1) is 10.7 Å². The van der Waals surface area contributed by atoms with E-state index in [-0.39, 0.29) is 11.7 Å². The van der Waals surface area contributed by atoms with Crippen molar-refractivity contribution in [1.29, 1.82) is 0 Å². The number of nitrogens with two attached hydrogens (primary N) is 1. The van der Waals surface area contributed by atoms with Crippen molar-refractivity contribution in [2.24, 2.45) is 11.7 Å². The van der Waals surface area contributed by atoms with E-state index < -0.39 is 10.0 Å². The minimum Gasteiger partial charge on any atom is -0.393 e. The maximum Gasteiger partial charge on any atom is 0.214 e. The summed E-state index contributed by atoms with van der Waals surface area (Å²) in [6.07, 6.45) is 4.23. The summed E-state index contributed by atoms with van der Waals surface area (Å²) in [6.45, 7) is 4.83. The molecule has 0 aliphatic heterocycles. The Morgan fingerprint density at radius 3 is 2.52 bits per heavy atom. The third-order valence-electron chi connectivity index (χ3n) is 2.97. The van der Waals surface area contributed by atoms with E-state index in [1.54, 1.807) is 12.4 Å². The van der Waals surface area contributed by atoms with Crippen molar-refractivity contribution >= 4 is 27.2 Å². The van der Waals surface area contributed by atoms with E-state index in [9.17, 15) is 8.42 Å². The van der Waals surface area contributed by atoms with Crippen LogP contribution in [0.2, 0.25) is 0 Å². The number of thiocarbonyl (C=S) groups is 1. The molecule has 0 amide bonds. The van der Waals surface area contributed by atoms with E-state index in [2.05, 4.69) is 4.98 Å². The molecule has 1 heterocycles. The molecule has 0 radical (unpaired) electrons. The maximum atomic E-state index is 12.5. The molecule has 1 rings (SSSR count). The van der Waals surface area contributed by atoms with Crippen molar-refractivity contribution in [3.05, 3.63) is 30.1 Å². The predicted molar refractivity (Wildman–Crippen MR) is 89.5 cm³/mol. The van der Waals surface area contributed by atoms with Crippen LogP contribution in [-0.4, -0.2) is 41.5 Å². The molecule has 1 aromatic rings. The van der Waals surface area contributed by atoms with E-state index in [0.717, 1.165) is 5.56 Å². The second-order valence-corrected chi connectivity index (χ2v) is 8.00. The minimum atomic E-state index is -3.31. The van der Waals surface area contributed by atoms with Crippen molar-refractivity contribution in [3.8, 4) is 0 Å². The molecular formula is C14H23N3O2S2. The first-order valence-electron chi connectivity index (χ1n) is 6.96. The SMILES string of the molecule is CC(C)CN(CCC(N)=S)S(=O)(=O)CCc1ccncc1. The number of aromatic nitrogens is 1. The largest absolute Gasteiger partial charge is 0.393 e. The van der Waals surface area contributed by atoms with E-state index in [1.165, 1.54) is 4.31 Å². The zero-order valence-corrected chi connectivity index (χ0v) is 14.2. The molecule has 0 aliphatic carbocycles. The van der Waals surface area contributed by atoms with Gasteiger partial charge in [0, 0.05) is 31.9 Å². The number of hydrogen-bond donors (Lipinski definition) is 1. The van der Waals surface area contributed by atoms with Crippen LogP contribution in [-0.2, 0) is 16.4 Å². The van der Waals surface area contributed by atoms with Crippen LogP contribution in [0.25, 0.3) is 0 Å². The topological polar surface area (TPSA) is 76.3 Å². The van der Waals surface area contributed by atoms with Crippen LogP contribution in [0.15, 0.2) is 24.5 Å². The Labute approximate surface area is 132 Å². The molecule has 0 atom stereocenters. The monoisotopic (exact) mass is 329 g/mol. The molecule has 118 valence electrons. The highest BCUT2D eigenvalue weighted by Gasteiger charge is 2.22. The quantitative estimate of drug-likeness (QED) is 0.696. The molecule has 2 N–H and O–H groups in total. The Bertz CT molecular complexity index is 545. The van der Waals surface area contributed by atoms with Gasteiger partial charge in [-0.3, -0.25) is 4.98 Å². The number of rotatable bonds is 9. The van der Waals surface area contributed by atoms with E-state index in [4.69, 9.17) is 18.0 Å². The third-order valence-corrected chi connectivity index (χ3v) is 5.01. The molecule has 0 fully saturated rings. The van der Waals surface area contributed by atoms with Gasteiger partial charge in [-0.05, 0) is 30.0 Å². The van der Waals surface area contributed by atoms with Crippen molar-refractivity contribution in [3.63, 3.8) is 0 Å². The molecule has 0 unspecified atom stereocenters. The number of nitrogens with zero attached hydrogens (tertiary/aromatic N) is 2. The van der Waals surface area contributed by atoms with E-state index in [1.807, 2.05) is 26.0 Å². The summed E-state index contributed by atoms with van der Waals surface area (Å²) < 4.78 is 26.5. The highest BCUT2D eigenvalue weighted by Crippen LogP contribution is 2.10. The molecule has 7 heteroatoms. The lowest BCUT2D eigenvalue weighted by molar-refractivity contribution is 0.374. The highest BCUT2D eigenvalue weighted by molar-refractivity contribution is 7.89. The first-order valence-corrected chi connectivity index (χ1v) is 8.98. The van der Waals surface area contributed by atoms with Crippen LogP contribution >= 0.6 is 12.2 Å². The number of aryl methyl sites for hydroxylation is 1. The van der Waals surface area contributed by atoms with Crippen LogP contribution in [0.3, 0.4) is 0 Å². The summed E-state index contributed by atoms with van der Waals surface area (Å²) in [4.78, 5) is 4.27. The van der Waals surface area contributed by atoms with Crippen LogP contribution in [0, 0.1) is 5.92 Å². The van der Waals surface area contributed by atoms with E-state index >= 15 is 0 Å². The second-order valence-electron chi connectivity index (χ2n) is 5.39. The summed E-state index contributed by atoms with van der Waals surface area (Å²) in [7, 11) is -3.31. The molecule has 5 nitrogen and oxygen atoms in total. The lowest BCUT2D eigenvalue weighted by atomic mass is 10.2. The summed E-state index contributed by atoms with van der Waals surface area (Å²) in [5.74, 6) is 0.341. The fraction of sp³-hybridized carbons (Fsp3) is 0.571. The van der Waals surface area contributed by atoms with E-state index in [0.29, 0.717) is 30.9 Å². The zero-order chi connectivity index (χ0) is 15.9. The Hall–Kier alpha value is -1.05. The van der Waals surface area contributed by atoms with Crippen molar-refractivity contribution in [1.82, 2.24) is 9.29 Å². The normalized spacial score (nSPS) is 12.0. The third kappa shape index (κ3) is 6.97. The Balaban J connectivity index is 2.71. The lowest BCUT2D eigenvalue weighted by Crippen LogP contribution is -2.38. The van der Waals surface area contributed by atoms with Crippen LogP contribution in [0.5, 0.6) is 0 Å². The Kier molecular flexibility index (Phi) is 7.21. The van der Waals surface area contributed by atoms with Gasteiger partial charge in [-0.15, -0.1) is 0 Å². The van der Waals surface area contributed by atoms with Gasteiger partial charge >= 0.3 is 0 Å². The molecular weight excluding hydrogens is 306 g/mol. The number of sulfonamides is 1. The average molecular weight is 329 g/mol. The minimum absolute atomic E-state index is 0.0844. The van der Waals surface area contributed by atoms with Crippen LogP contribution in [0.4, 0.5) is 0 Å². The van der Waals surface area contributed by atoms with Gasteiger partial charge < -0.3 is 5.73 Å². The second kappa shape index (κ2) is 8.41. The zero-order valence-electron chi connectivity index (χ0n) is 12.5. The summed E-state index contributed by atoms with van der Waals surface area (Å²) in [5, 5.41) is 0. The van der Waals surface area contributed by atoms with Crippen molar-refractivity contribution in [2.75, 3.05) is 18.8 Å². The molecule has 0 aliphatic rings. The molecule has 1 aromatic heterocycles. The molecule has 0 saturated carbocycles. The lowest BCUT2D eigenvalue weighted by Gasteiger charge is -2.23. The van der Waals surface area contributed by atoms with Gasteiger partial charge in [0.15, 0.2) is 0 Å². The van der Waals surface area contributed by atoms with Gasteiger partial charge in [-0.1, -0.05) is 26.1 Å². The fourth-order valence-corrected chi connectivity index (χ4v) is 3.65. The first kappa shape index (κ1) is 18.0. The number of pyridine rings is 1. The molecule has 0 saturated heterocycles. The standard InChI is InChI=1S/C14H23N3O2S2/c1-12(2)11-17(9-5-14(15)20)21(18,19)10-6-13-3-7-16-8-4-13/h3-4,7-8,12H,5-6,9-11H2,1-2H3,(H2,15,20). The van der Waals surface area contributed by atoms with Crippen molar-refractivity contribution < 1.29 is 8.42 Å². The molecule has 0 bridgehead atoms. The Morgan fingerprint density at radius 2 is 2.00 bits per heavy atom. The smallest absolute Gasteiger partial charge is 0.214 e. The predicted octanol–water partition coefficient (Wildman–Crippen LogP) is 1.59. The fourth-order valence-electron chi connectivity index (χ4n) is 1.91. The first-order chi connectivity index (χ1) is 9.81. The van der Waals surface area contributed by atoms with Gasteiger partial charge in [0.2, 0.25) is 10.0 Å². The summed E-state index contributed by atoms with van der Waals surface area (Å²) in [6, 6.07) is 3.66. The highest BCUT2D eigenvalue weighted by atomic mass is 32.2. The van der Waals surface area contributed by atoms with Crippen LogP contribution in [0.1, 0.15) is 25.8 Å². The summed E-state index contributed by atoms with van der Waals surface area (Å²) >= 11 is 4.84. The average Bonchev–Trinajstić information content (AvgIpc) is 2.42. The van der Waals surface area contributed by atoms with Gasteiger partial charge in [-0.2, -0.15) is 0 Å². The van der Waals surface area contributed by atoms with Crippen LogP contribution < -0.4 is 5.73 Å². The molecule has 0 spiro atoms. The maximum absolute atomic E-state index is 12.5. The van der Waals surface area contributed by atoms with Gasteiger partial charge in [-0.25, -0.2) is 12.7 Å². The molecule has 0 aromatic carbocycles. The summed E-state index contributed by atoms with van der Waals surface area (Å²) in [5.41, 5.74) is 6.45. The van der Waals surface area contributed by atoms with Gasteiger partial charge in [0.25, 0.3) is 0 Å². The molecule has 21 heavy (non-hydrogen) atoms.